The Balaban J connectivity index is 0.00000225. The van der Waals surface area contributed by atoms with Crippen molar-refractivity contribution in [2.45, 2.75) is 13.8 Å². The fraction of sp³-hybridized carbons (Fsp3) is 0.286. The molecule has 0 aliphatic carbocycles. The molecule has 0 heterocycles. The first kappa shape index (κ1) is 15.0. The molecule has 2 N–H and O–H groups in total. The Bertz CT molecular complexity index is 367. The van der Waals surface area contributed by atoms with Crippen LogP contribution in [0.15, 0.2) is 42.0 Å². The van der Waals surface area contributed by atoms with Crippen LogP contribution in [-0.4, -0.2) is 13.1 Å². The molecule has 0 aliphatic heterocycles. The lowest BCUT2D eigenvalue weighted by Gasteiger charge is -1.91. The van der Waals surface area contributed by atoms with Gasteiger partial charge in [-0.1, -0.05) is 29.7 Å². The molecule has 0 fully saturated rings. The number of nitrogens with two attached hydrogens (primary N) is 1. The van der Waals surface area contributed by atoms with Crippen LogP contribution in [0.2, 0.25) is 0 Å². The summed E-state index contributed by atoms with van der Waals surface area (Å²) >= 11 is 0. The van der Waals surface area contributed by atoms with E-state index in [2.05, 4.69) is 37.1 Å². The molecule has 0 saturated carbocycles. The first-order valence-corrected chi connectivity index (χ1v) is 5.28. The Labute approximate surface area is 109 Å². The molecule has 16 heavy (non-hydrogen) atoms. The summed E-state index contributed by atoms with van der Waals surface area (Å²) in [5.41, 5.74) is 2.45. The zero-order chi connectivity index (χ0) is 10.9. The summed E-state index contributed by atoms with van der Waals surface area (Å²) in [6.07, 6.45) is 2.21. The van der Waals surface area contributed by atoms with Gasteiger partial charge in [-0.25, -0.2) is 0 Å². The minimum absolute atomic E-state index is 0. The van der Waals surface area contributed by atoms with E-state index in [9.17, 15) is 0 Å². The van der Waals surface area contributed by atoms with Gasteiger partial charge in [0, 0.05) is 5.56 Å². The fourth-order valence-corrected chi connectivity index (χ4v) is 1.15. The number of hydrogen-bond donors (Lipinski definition) is 1. The molecular weight excluding hydrogens is 262 g/mol. The maximum absolute atomic E-state index is 3.14. The largest absolute Gasteiger partial charge is 1.00 e. The summed E-state index contributed by atoms with van der Waals surface area (Å²) in [6, 6.07) is 10.1. The standard InChI is InChI=1S/C14H17N.BrH/c1-13(2)10-12-15-11-6-9-14-7-4-3-5-8-14;/h3-5,7-8,10,15H,11-12H2,1-2H3;1H. The van der Waals surface area contributed by atoms with Crippen LogP contribution in [0.3, 0.4) is 0 Å². The van der Waals surface area contributed by atoms with E-state index in [0.717, 1.165) is 18.7 Å². The molecule has 1 aromatic carbocycles. The molecule has 0 spiro atoms. The van der Waals surface area contributed by atoms with Gasteiger partial charge in [-0.2, -0.15) is 0 Å². The number of hydrogen-bond acceptors (Lipinski definition) is 0. The molecule has 1 rings (SSSR count). The molecule has 86 valence electrons. The van der Waals surface area contributed by atoms with Gasteiger partial charge in [0.05, 0.1) is 6.54 Å². The summed E-state index contributed by atoms with van der Waals surface area (Å²) < 4.78 is 0. The van der Waals surface area contributed by atoms with Gasteiger partial charge in [-0.05, 0) is 38.0 Å². The number of allylic oxidation sites excluding steroid dienone is 1. The first-order chi connectivity index (χ1) is 7.29. The van der Waals surface area contributed by atoms with Crippen LogP contribution in [0, 0.1) is 11.8 Å². The molecule has 0 aromatic heterocycles. The molecule has 0 aliphatic rings. The fourth-order valence-electron chi connectivity index (χ4n) is 1.15. The predicted molar refractivity (Wildman–Crippen MR) is 64.4 cm³/mol. The maximum Gasteiger partial charge on any atom is 0.138 e. The van der Waals surface area contributed by atoms with Gasteiger partial charge < -0.3 is 22.3 Å². The molecule has 0 atom stereocenters. The van der Waals surface area contributed by atoms with Gasteiger partial charge >= 0.3 is 0 Å². The van der Waals surface area contributed by atoms with Crippen LogP contribution >= 0.6 is 0 Å². The normalized spacial score (nSPS) is 8.38. The van der Waals surface area contributed by atoms with Gasteiger partial charge in [0.2, 0.25) is 0 Å². The molecule has 1 aromatic rings. The van der Waals surface area contributed by atoms with Crippen molar-refractivity contribution in [1.82, 2.24) is 0 Å². The molecule has 0 saturated heterocycles. The first-order valence-electron chi connectivity index (χ1n) is 5.28. The second kappa shape index (κ2) is 9.21. The number of benzene rings is 1. The predicted octanol–water partition coefficient (Wildman–Crippen LogP) is -1.43. The lowest BCUT2D eigenvalue weighted by molar-refractivity contribution is -0.634. The Hall–Kier alpha value is -1.04. The van der Waals surface area contributed by atoms with Crippen LogP contribution in [0.1, 0.15) is 19.4 Å². The third-order valence-corrected chi connectivity index (χ3v) is 1.95. The molecule has 0 unspecified atom stereocenters. The van der Waals surface area contributed by atoms with E-state index in [0.29, 0.717) is 0 Å². The van der Waals surface area contributed by atoms with Crippen molar-refractivity contribution < 1.29 is 22.3 Å². The maximum atomic E-state index is 3.14. The quantitative estimate of drug-likeness (QED) is 0.397. The smallest absolute Gasteiger partial charge is 0.138 e. The van der Waals surface area contributed by atoms with E-state index in [1.807, 2.05) is 30.3 Å². The summed E-state index contributed by atoms with van der Waals surface area (Å²) in [7, 11) is 0. The highest BCUT2D eigenvalue weighted by Gasteiger charge is 1.83. The SMILES string of the molecule is CC(C)=CC[NH2+]CC#Cc1ccccc1.[Br-]. The molecule has 1 nitrogen and oxygen atoms in total. The summed E-state index contributed by atoms with van der Waals surface area (Å²) in [4.78, 5) is 0. The molecule has 0 radical (unpaired) electrons. The number of quaternary nitrogens is 1. The van der Waals surface area contributed by atoms with Crippen LogP contribution in [0.5, 0.6) is 0 Å². The van der Waals surface area contributed by atoms with Crippen LogP contribution in [-0.2, 0) is 0 Å². The van der Waals surface area contributed by atoms with E-state index in [1.54, 1.807) is 0 Å². The van der Waals surface area contributed by atoms with E-state index < -0.39 is 0 Å². The van der Waals surface area contributed by atoms with Gasteiger partial charge in [0.1, 0.15) is 6.54 Å². The van der Waals surface area contributed by atoms with Crippen LogP contribution < -0.4 is 22.3 Å². The minimum atomic E-state index is 0. The molecule has 0 amide bonds. The minimum Gasteiger partial charge on any atom is -1.00 e. The van der Waals surface area contributed by atoms with Crippen LogP contribution in [0.25, 0.3) is 0 Å². The average molecular weight is 280 g/mol. The van der Waals surface area contributed by atoms with Crippen molar-refractivity contribution in [3.8, 4) is 11.8 Å². The molecule has 0 bridgehead atoms. The summed E-state index contributed by atoms with van der Waals surface area (Å²) in [5, 5.41) is 2.20. The third-order valence-electron chi connectivity index (χ3n) is 1.95. The zero-order valence-electron chi connectivity index (χ0n) is 9.83. The van der Waals surface area contributed by atoms with Crippen molar-refractivity contribution >= 4 is 0 Å². The van der Waals surface area contributed by atoms with E-state index in [4.69, 9.17) is 0 Å². The Kier molecular flexibility index (Phi) is 8.61. The Morgan fingerprint density at radius 1 is 1.25 bits per heavy atom. The summed E-state index contributed by atoms with van der Waals surface area (Å²) in [6.45, 7) is 6.11. The Morgan fingerprint density at radius 3 is 2.56 bits per heavy atom. The van der Waals surface area contributed by atoms with Crippen molar-refractivity contribution in [2.24, 2.45) is 0 Å². The Morgan fingerprint density at radius 2 is 1.94 bits per heavy atom. The lowest BCUT2D eigenvalue weighted by atomic mass is 10.2. The van der Waals surface area contributed by atoms with E-state index >= 15 is 0 Å². The molecule has 2 heteroatoms. The monoisotopic (exact) mass is 279 g/mol. The second-order valence-electron chi connectivity index (χ2n) is 3.68. The van der Waals surface area contributed by atoms with Crippen molar-refractivity contribution in [3.05, 3.63) is 47.5 Å². The zero-order valence-corrected chi connectivity index (χ0v) is 11.4. The van der Waals surface area contributed by atoms with E-state index in [1.165, 1.54) is 5.57 Å². The highest BCUT2D eigenvalue weighted by Crippen LogP contribution is 1.93. The second-order valence-corrected chi connectivity index (χ2v) is 3.68. The van der Waals surface area contributed by atoms with Gasteiger partial charge in [0.15, 0.2) is 0 Å². The number of halogens is 1. The van der Waals surface area contributed by atoms with E-state index in [-0.39, 0.29) is 17.0 Å². The van der Waals surface area contributed by atoms with Gasteiger partial charge in [0.25, 0.3) is 0 Å². The molecular formula is C14H18BrN. The average Bonchev–Trinajstić information content (AvgIpc) is 2.24. The lowest BCUT2D eigenvalue weighted by Crippen LogP contribution is -3.00. The topological polar surface area (TPSA) is 16.6 Å². The van der Waals surface area contributed by atoms with Crippen molar-refractivity contribution in [2.75, 3.05) is 13.1 Å². The highest BCUT2D eigenvalue weighted by molar-refractivity contribution is 5.33. The van der Waals surface area contributed by atoms with Gasteiger partial charge in [-0.15, -0.1) is 0 Å². The number of rotatable bonds is 3. The van der Waals surface area contributed by atoms with Gasteiger partial charge in [-0.3, -0.25) is 0 Å². The third kappa shape index (κ3) is 7.28. The van der Waals surface area contributed by atoms with Crippen LogP contribution in [0.4, 0.5) is 0 Å². The van der Waals surface area contributed by atoms with Crippen molar-refractivity contribution in [1.29, 1.82) is 0 Å². The van der Waals surface area contributed by atoms with Crippen molar-refractivity contribution in [3.63, 3.8) is 0 Å². The highest BCUT2D eigenvalue weighted by atomic mass is 79.9. The summed E-state index contributed by atoms with van der Waals surface area (Å²) in [5.74, 6) is 6.27.